The molecule has 20 heavy (non-hydrogen) atoms. The van der Waals surface area contributed by atoms with E-state index in [9.17, 15) is 13.2 Å². The van der Waals surface area contributed by atoms with Gasteiger partial charge in [0.15, 0.2) is 0 Å². The predicted molar refractivity (Wildman–Crippen MR) is 79.2 cm³/mol. The van der Waals surface area contributed by atoms with Gasteiger partial charge in [-0.05, 0) is 38.1 Å². The fraction of sp³-hybridized carbons (Fsp3) is 0.462. The molecular formula is C13H19ClN2O3S. The zero-order valence-corrected chi connectivity index (χ0v) is 13.2. The van der Waals surface area contributed by atoms with E-state index in [0.29, 0.717) is 18.1 Å². The fourth-order valence-electron chi connectivity index (χ4n) is 1.72. The Balaban J connectivity index is 2.56. The second kappa shape index (κ2) is 7.61. The Morgan fingerprint density at radius 1 is 1.20 bits per heavy atom. The van der Waals surface area contributed by atoms with Crippen LogP contribution in [0.25, 0.3) is 0 Å². The molecule has 0 heterocycles. The maximum atomic E-state index is 12.0. The van der Waals surface area contributed by atoms with Crippen molar-refractivity contribution < 1.29 is 13.2 Å². The Hall–Kier alpha value is -1.11. The van der Waals surface area contributed by atoms with Crippen LogP contribution in [0.4, 0.5) is 0 Å². The number of hydrogen-bond acceptors (Lipinski definition) is 3. The van der Waals surface area contributed by atoms with Crippen LogP contribution in [0.2, 0.25) is 5.02 Å². The normalized spacial score (nSPS) is 11.3. The summed E-state index contributed by atoms with van der Waals surface area (Å²) in [7, 11) is -3.59. The number of nitrogens with one attached hydrogen (secondary N) is 1. The molecule has 1 aromatic rings. The van der Waals surface area contributed by atoms with Crippen molar-refractivity contribution in [3.63, 3.8) is 0 Å². The molecule has 1 rings (SSSR count). The molecule has 1 amide bonds. The summed E-state index contributed by atoms with van der Waals surface area (Å²) in [5.41, 5.74) is 0. The molecule has 1 aromatic carbocycles. The van der Waals surface area contributed by atoms with Crippen LogP contribution < -0.4 is 4.72 Å². The van der Waals surface area contributed by atoms with Gasteiger partial charge < -0.3 is 4.90 Å². The van der Waals surface area contributed by atoms with Gasteiger partial charge in [-0.2, -0.15) is 0 Å². The molecule has 0 saturated carbocycles. The predicted octanol–water partition coefficient (Wildman–Crippen LogP) is 1.88. The highest BCUT2D eigenvalue weighted by molar-refractivity contribution is 7.89. The molecule has 0 aliphatic carbocycles. The lowest BCUT2D eigenvalue weighted by molar-refractivity contribution is -0.130. The van der Waals surface area contributed by atoms with E-state index in [0.717, 1.165) is 0 Å². The third-order valence-corrected chi connectivity index (χ3v) is 4.60. The van der Waals surface area contributed by atoms with Crippen LogP contribution in [0.1, 0.15) is 20.3 Å². The van der Waals surface area contributed by atoms with E-state index in [1.54, 1.807) is 4.90 Å². The standard InChI is InChI=1S/C13H19ClN2O3S/c1-3-16(4-2)13(17)9-10-15-20(18,19)12-7-5-11(14)6-8-12/h5-8,15H,3-4,9-10H2,1-2H3. The van der Waals surface area contributed by atoms with Crippen LogP contribution >= 0.6 is 11.6 Å². The van der Waals surface area contributed by atoms with Crippen LogP contribution in [0.15, 0.2) is 29.2 Å². The number of benzene rings is 1. The van der Waals surface area contributed by atoms with Crippen molar-refractivity contribution >= 4 is 27.5 Å². The number of amides is 1. The van der Waals surface area contributed by atoms with Crippen LogP contribution in [0.3, 0.4) is 0 Å². The van der Waals surface area contributed by atoms with Gasteiger partial charge in [0, 0.05) is 31.1 Å². The van der Waals surface area contributed by atoms with Crippen LogP contribution in [0.5, 0.6) is 0 Å². The Bertz CT molecular complexity index is 539. The molecule has 0 atom stereocenters. The first-order valence-corrected chi connectivity index (χ1v) is 8.29. The van der Waals surface area contributed by atoms with Gasteiger partial charge in [-0.1, -0.05) is 11.6 Å². The zero-order chi connectivity index (χ0) is 15.2. The van der Waals surface area contributed by atoms with E-state index in [4.69, 9.17) is 11.6 Å². The lowest BCUT2D eigenvalue weighted by Crippen LogP contribution is -2.34. The van der Waals surface area contributed by atoms with Gasteiger partial charge in [-0.3, -0.25) is 4.79 Å². The first kappa shape index (κ1) is 16.9. The molecule has 0 spiro atoms. The van der Waals surface area contributed by atoms with E-state index >= 15 is 0 Å². The highest BCUT2D eigenvalue weighted by atomic mass is 35.5. The highest BCUT2D eigenvalue weighted by Crippen LogP contribution is 2.13. The molecule has 0 fully saturated rings. The topological polar surface area (TPSA) is 66.5 Å². The van der Waals surface area contributed by atoms with Crippen molar-refractivity contribution in [3.8, 4) is 0 Å². The minimum atomic E-state index is -3.59. The number of carbonyl (C=O) groups is 1. The van der Waals surface area contributed by atoms with Crippen molar-refractivity contribution in [1.82, 2.24) is 9.62 Å². The van der Waals surface area contributed by atoms with Gasteiger partial charge in [0.05, 0.1) is 4.90 Å². The molecule has 0 aromatic heterocycles. The Kier molecular flexibility index (Phi) is 6.45. The minimum absolute atomic E-state index is 0.0613. The van der Waals surface area contributed by atoms with Gasteiger partial charge >= 0.3 is 0 Å². The van der Waals surface area contributed by atoms with E-state index in [1.807, 2.05) is 13.8 Å². The van der Waals surface area contributed by atoms with Crippen molar-refractivity contribution in [2.75, 3.05) is 19.6 Å². The smallest absolute Gasteiger partial charge is 0.240 e. The summed E-state index contributed by atoms with van der Waals surface area (Å²) in [6.07, 6.45) is 0.147. The zero-order valence-electron chi connectivity index (χ0n) is 11.6. The Labute approximate surface area is 125 Å². The van der Waals surface area contributed by atoms with Gasteiger partial charge in [-0.25, -0.2) is 13.1 Å². The minimum Gasteiger partial charge on any atom is -0.343 e. The lowest BCUT2D eigenvalue weighted by atomic mass is 10.3. The molecule has 5 nitrogen and oxygen atoms in total. The average Bonchev–Trinajstić information content (AvgIpc) is 2.40. The molecule has 1 N–H and O–H groups in total. The van der Waals surface area contributed by atoms with E-state index in [1.165, 1.54) is 24.3 Å². The molecule has 7 heteroatoms. The fourth-order valence-corrected chi connectivity index (χ4v) is 2.88. The van der Waals surface area contributed by atoms with Gasteiger partial charge in [-0.15, -0.1) is 0 Å². The number of rotatable bonds is 7. The molecular weight excluding hydrogens is 300 g/mol. The lowest BCUT2D eigenvalue weighted by Gasteiger charge is -2.18. The number of sulfonamides is 1. The molecule has 0 aliphatic rings. The third kappa shape index (κ3) is 4.77. The Morgan fingerprint density at radius 2 is 1.75 bits per heavy atom. The van der Waals surface area contributed by atoms with Crippen LogP contribution in [0, 0.1) is 0 Å². The van der Waals surface area contributed by atoms with Crippen LogP contribution in [-0.4, -0.2) is 38.9 Å². The number of carbonyl (C=O) groups excluding carboxylic acids is 1. The summed E-state index contributed by atoms with van der Waals surface area (Å²) >= 11 is 5.71. The average molecular weight is 319 g/mol. The third-order valence-electron chi connectivity index (χ3n) is 2.87. The summed E-state index contributed by atoms with van der Waals surface area (Å²) in [5.74, 6) is -0.0613. The summed E-state index contributed by atoms with van der Waals surface area (Å²) < 4.78 is 26.3. The number of halogens is 1. The summed E-state index contributed by atoms with van der Waals surface area (Å²) in [6, 6.07) is 5.88. The van der Waals surface area contributed by atoms with E-state index in [-0.39, 0.29) is 23.8 Å². The van der Waals surface area contributed by atoms with Crippen molar-refractivity contribution in [1.29, 1.82) is 0 Å². The second-order valence-corrected chi connectivity index (χ2v) is 6.37. The Morgan fingerprint density at radius 3 is 2.25 bits per heavy atom. The number of hydrogen-bond donors (Lipinski definition) is 1. The largest absolute Gasteiger partial charge is 0.343 e. The molecule has 0 radical (unpaired) electrons. The first-order chi connectivity index (χ1) is 9.40. The number of nitrogens with zero attached hydrogens (tertiary/aromatic N) is 1. The summed E-state index contributed by atoms with van der Waals surface area (Å²) in [4.78, 5) is 13.5. The van der Waals surface area contributed by atoms with Gasteiger partial charge in [0.1, 0.15) is 0 Å². The molecule has 0 unspecified atom stereocenters. The van der Waals surface area contributed by atoms with Crippen molar-refractivity contribution in [3.05, 3.63) is 29.3 Å². The summed E-state index contributed by atoms with van der Waals surface area (Å²) in [6.45, 7) is 5.11. The van der Waals surface area contributed by atoms with Crippen molar-refractivity contribution in [2.24, 2.45) is 0 Å². The molecule has 0 bridgehead atoms. The monoisotopic (exact) mass is 318 g/mol. The van der Waals surface area contributed by atoms with Gasteiger partial charge in [0.25, 0.3) is 0 Å². The van der Waals surface area contributed by atoms with Gasteiger partial charge in [0.2, 0.25) is 15.9 Å². The maximum absolute atomic E-state index is 12.0. The summed E-state index contributed by atoms with van der Waals surface area (Å²) in [5, 5.41) is 0.473. The van der Waals surface area contributed by atoms with Crippen molar-refractivity contribution in [2.45, 2.75) is 25.2 Å². The highest BCUT2D eigenvalue weighted by Gasteiger charge is 2.15. The molecule has 112 valence electrons. The first-order valence-electron chi connectivity index (χ1n) is 6.43. The SMILES string of the molecule is CCN(CC)C(=O)CCNS(=O)(=O)c1ccc(Cl)cc1. The quantitative estimate of drug-likeness (QED) is 0.834. The molecule has 0 saturated heterocycles. The van der Waals surface area contributed by atoms with E-state index < -0.39 is 10.0 Å². The second-order valence-electron chi connectivity index (χ2n) is 4.17. The van der Waals surface area contributed by atoms with E-state index in [2.05, 4.69) is 4.72 Å². The van der Waals surface area contributed by atoms with Crippen LogP contribution in [-0.2, 0) is 14.8 Å². The maximum Gasteiger partial charge on any atom is 0.240 e. The molecule has 0 aliphatic heterocycles.